The summed E-state index contributed by atoms with van der Waals surface area (Å²) in [6.45, 7) is 5.38. The van der Waals surface area contributed by atoms with Gasteiger partial charge in [-0.1, -0.05) is 6.92 Å². The molecule has 5 heteroatoms. The summed E-state index contributed by atoms with van der Waals surface area (Å²) >= 11 is 1.82. The van der Waals surface area contributed by atoms with Crippen molar-refractivity contribution in [3.8, 4) is 0 Å². The average molecular weight is 279 g/mol. The Bertz CT molecular complexity index is 464. The Kier molecular flexibility index (Phi) is 4.58. The number of hydrogen-bond donors (Lipinski definition) is 2. The number of hydrogen-bond acceptors (Lipinski definition) is 4. The molecule has 1 heterocycles. The van der Waals surface area contributed by atoms with Crippen LogP contribution in [0.25, 0.3) is 0 Å². The number of nitrogens with two attached hydrogens (primary N) is 1. The molecule has 0 saturated heterocycles. The molecule has 1 amide bonds. The number of amides is 1. The van der Waals surface area contributed by atoms with Crippen LogP contribution in [0, 0.1) is 0 Å². The number of rotatable bonds is 4. The van der Waals surface area contributed by atoms with Crippen LogP contribution in [0.4, 0.5) is 11.4 Å². The molecule has 0 aliphatic carbocycles. The summed E-state index contributed by atoms with van der Waals surface area (Å²) in [6.07, 6.45) is 0.950. The fourth-order valence-electron chi connectivity index (χ4n) is 2.05. The highest BCUT2D eigenvalue weighted by atomic mass is 32.2. The number of thioether (sulfide) groups is 1. The summed E-state index contributed by atoms with van der Waals surface area (Å²) in [5.41, 5.74) is 7.66. The third-order valence-electron chi connectivity index (χ3n) is 3.30. The second-order valence-electron chi connectivity index (χ2n) is 4.87. The second-order valence-corrected chi connectivity index (χ2v) is 6.01. The molecule has 0 bridgehead atoms. The Labute approximate surface area is 118 Å². The van der Waals surface area contributed by atoms with E-state index in [2.05, 4.69) is 17.1 Å². The lowest BCUT2D eigenvalue weighted by molar-refractivity contribution is -0.120. The van der Waals surface area contributed by atoms with Gasteiger partial charge in [-0.25, -0.2) is 0 Å². The van der Waals surface area contributed by atoms with Gasteiger partial charge in [0.05, 0.1) is 12.2 Å². The Morgan fingerprint density at radius 3 is 3.11 bits per heavy atom. The van der Waals surface area contributed by atoms with E-state index in [0.717, 1.165) is 30.1 Å². The summed E-state index contributed by atoms with van der Waals surface area (Å²) in [4.78, 5) is 15.3. The van der Waals surface area contributed by atoms with Crippen molar-refractivity contribution >= 4 is 29.0 Å². The lowest BCUT2D eigenvalue weighted by atomic mass is 10.2. The number of nitrogens with zero attached hydrogens (tertiary/aromatic N) is 1. The molecule has 0 fully saturated rings. The van der Waals surface area contributed by atoms with Gasteiger partial charge in [0.25, 0.3) is 0 Å². The zero-order valence-corrected chi connectivity index (χ0v) is 12.3. The van der Waals surface area contributed by atoms with Crippen molar-refractivity contribution in [2.45, 2.75) is 31.2 Å². The number of fused-ring (bicyclic) bond motifs is 1. The van der Waals surface area contributed by atoms with Crippen LogP contribution < -0.4 is 16.0 Å². The Hall–Kier alpha value is -1.36. The zero-order chi connectivity index (χ0) is 13.8. The van der Waals surface area contributed by atoms with Crippen LogP contribution in [-0.4, -0.2) is 30.8 Å². The first-order valence-electron chi connectivity index (χ1n) is 6.66. The van der Waals surface area contributed by atoms with Crippen molar-refractivity contribution in [3.05, 3.63) is 18.2 Å². The maximum absolute atomic E-state index is 12.0. The smallest absolute Gasteiger partial charge is 0.239 e. The lowest BCUT2D eigenvalue weighted by Gasteiger charge is -2.30. The van der Waals surface area contributed by atoms with E-state index in [4.69, 9.17) is 5.73 Å². The molecule has 1 aliphatic rings. The molecule has 0 radical (unpaired) electrons. The van der Waals surface area contributed by atoms with Crippen LogP contribution >= 0.6 is 11.8 Å². The maximum Gasteiger partial charge on any atom is 0.239 e. The topological polar surface area (TPSA) is 58.4 Å². The van der Waals surface area contributed by atoms with E-state index in [1.165, 1.54) is 4.90 Å². The molecular weight excluding hydrogens is 258 g/mol. The highest BCUT2D eigenvalue weighted by molar-refractivity contribution is 7.99. The van der Waals surface area contributed by atoms with Gasteiger partial charge in [0, 0.05) is 28.9 Å². The summed E-state index contributed by atoms with van der Waals surface area (Å²) < 4.78 is 0. The molecule has 3 N–H and O–H groups in total. The van der Waals surface area contributed by atoms with Crippen LogP contribution in [0.15, 0.2) is 23.1 Å². The van der Waals surface area contributed by atoms with Gasteiger partial charge in [0.1, 0.15) is 0 Å². The standard InChI is InChI=1S/C14H21N3OS/c1-3-10(2)16-14(18)9-17-6-7-19-13-5-4-11(15)8-12(13)17/h4-5,8,10H,3,6-7,9,15H2,1-2H3,(H,16,18). The van der Waals surface area contributed by atoms with Crippen molar-refractivity contribution in [1.82, 2.24) is 5.32 Å². The molecule has 0 spiro atoms. The van der Waals surface area contributed by atoms with Gasteiger partial charge in [0.15, 0.2) is 0 Å². The average Bonchev–Trinajstić information content (AvgIpc) is 2.39. The van der Waals surface area contributed by atoms with E-state index in [1.807, 2.05) is 36.9 Å². The fraction of sp³-hybridized carbons (Fsp3) is 0.500. The van der Waals surface area contributed by atoms with Gasteiger partial charge in [-0.2, -0.15) is 0 Å². The predicted octanol–water partition coefficient (Wildman–Crippen LogP) is 2.10. The van der Waals surface area contributed by atoms with Crippen molar-refractivity contribution in [2.75, 3.05) is 29.5 Å². The van der Waals surface area contributed by atoms with Crippen LogP contribution in [0.1, 0.15) is 20.3 Å². The van der Waals surface area contributed by atoms with Gasteiger partial charge < -0.3 is 16.0 Å². The molecule has 1 aliphatic heterocycles. The van der Waals surface area contributed by atoms with Gasteiger partial charge >= 0.3 is 0 Å². The fourth-order valence-corrected chi connectivity index (χ4v) is 3.08. The molecule has 1 atom stereocenters. The molecule has 19 heavy (non-hydrogen) atoms. The molecule has 0 saturated carbocycles. The minimum absolute atomic E-state index is 0.0784. The molecular formula is C14H21N3OS. The molecule has 0 aromatic heterocycles. The third kappa shape index (κ3) is 3.56. The summed E-state index contributed by atoms with van der Waals surface area (Å²) in [5.74, 6) is 1.09. The first kappa shape index (κ1) is 14.1. The minimum Gasteiger partial charge on any atom is -0.399 e. The van der Waals surface area contributed by atoms with Crippen molar-refractivity contribution < 1.29 is 4.79 Å². The van der Waals surface area contributed by atoms with Crippen molar-refractivity contribution in [2.24, 2.45) is 0 Å². The predicted molar refractivity (Wildman–Crippen MR) is 81.7 cm³/mol. The van der Waals surface area contributed by atoms with Gasteiger partial charge in [-0.3, -0.25) is 4.79 Å². The molecule has 104 valence electrons. The van der Waals surface area contributed by atoms with E-state index in [-0.39, 0.29) is 11.9 Å². The molecule has 1 unspecified atom stereocenters. The highest BCUT2D eigenvalue weighted by Gasteiger charge is 2.20. The Balaban J connectivity index is 2.07. The van der Waals surface area contributed by atoms with Crippen LogP contribution in [0.5, 0.6) is 0 Å². The van der Waals surface area contributed by atoms with E-state index in [0.29, 0.717) is 6.54 Å². The van der Waals surface area contributed by atoms with E-state index < -0.39 is 0 Å². The van der Waals surface area contributed by atoms with Crippen LogP contribution in [0.2, 0.25) is 0 Å². The van der Waals surface area contributed by atoms with E-state index in [1.54, 1.807) is 0 Å². The SMILES string of the molecule is CCC(C)NC(=O)CN1CCSc2ccc(N)cc21. The monoisotopic (exact) mass is 279 g/mol. The number of nitrogen functional groups attached to an aromatic ring is 1. The zero-order valence-electron chi connectivity index (χ0n) is 11.5. The number of nitrogens with one attached hydrogen (secondary N) is 1. The molecule has 4 nitrogen and oxygen atoms in total. The number of carbonyl (C=O) groups is 1. The molecule has 1 aromatic carbocycles. The number of benzene rings is 1. The third-order valence-corrected chi connectivity index (χ3v) is 4.34. The summed E-state index contributed by atoms with van der Waals surface area (Å²) in [7, 11) is 0. The second kappa shape index (κ2) is 6.19. The minimum atomic E-state index is 0.0784. The van der Waals surface area contributed by atoms with E-state index in [9.17, 15) is 4.79 Å². The largest absolute Gasteiger partial charge is 0.399 e. The highest BCUT2D eigenvalue weighted by Crippen LogP contribution is 2.35. The van der Waals surface area contributed by atoms with Gasteiger partial charge in [0.2, 0.25) is 5.91 Å². The van der Waals surface area contributed by atoms with Crippen molar-refractivity contribution in [1.29, 1.82) is 0 Å². The first-order valence-corrected chi connectivity index (χ1v) is 7.65. The van der Waals surface area contributed by atoms with Gasteiger partial charge in [-0.15, -0.1) is 11.8 Å². The Morgan fingerprint density at radius 2 is 2.37 bits per heavy atom. The lowest BCUT2D eigenvalue weighted by Crippen LogP contribution is -2.42. The van der Waals surface area contributed by atoms with Gasteiger partial charge in [-0.05, 0) is 31.5 Å². The summed E-state index contributed by atoms with van der Waals surface area (Å²) in [6, 6.07) is 6.13. The van der Waals surface area contributed by atoms with Crippen LogP contribution in [-0.2, 0) is 4.79 Å². The molecule has 1 aromatic rings. The van der Waals surface area contributed by atoms with E-state index >= 15 is 0 Å². The number of carbonyl (C=O) groups excluding carboxylic acids is 1. The van der Waals surface area contributed by atoms with Crippen LogP contribution in [0.3, 0.4) is 0 Å². The Morgan fingerprint density at radius 1 is 1.58 bits per heavy atom. The first-order chi connectivity index (χ1) is 9.10. The maximum atomic E-state index is 12.0. The number of anilines is 2. The molecule has 2 rings (SSSR count). The normalized spacial score (nSPS) is 15.8. The summed E-state index contributed by atoms with van der Waals surface area (Å²) in [5, 5.41) is 3.00. The van der Waals surface area contributed by atoms with Crippen molar-refractivity contribution in [3.63, 3.8) is 0 Å². The quantitative estimate of drug-likeness (QED) is 0.829.